The van der Waals surface area contributed by atoms with Crippen LogP contribution >= 0.6 is 0 Å². The Morgan fingerprint density at radius 2 is 1.79 bits per heavy atom. The van der Waals surface area contributed by atoms with E-state index < -0.39 is 5.66 Å². The van der Waals surface area contributed by atoms with Crippen LogP contribution < -0.4 is 10.2 Å². The van der Waals surface area contributed by atoms with Gasteiger partial charge in [0.1, 0.15) is 12.2 Å². The number of nitrogens with one attached hydrogen (secondary N) is 1. The molecule has 2 heterocycles. The highest BCUT2D eigenvalue weighted by Crippen LogP contribution is 2.43. The summed E-state index contributed by atoms with van der Waals surface area (Å²) in [7, 11) is 0. The van der Waals surface area contributed by atoms with Crippen molar-refractivity contribution in [2.45, 2.75) is 31.8 Å². The summed E-state index contributed by atoms with van der Waals surface area (Å²) in [6.07, 6.45) is 1.61. The van der Waals surface area contributed by atoms with Gasteiger partial charge in [-0.1, -0.05) is 42.5 Å². The molecule has 0 aliphatic carbocycles. The number of hydrogen-bond acceptors (Lipinski definition) is 3. The second-order valence-electron chi connectivity index (χ2n) is 7.44. The molecule has 4 rings (SSSR count). The van der Waals surface area contributed by atoms with Crippen LogP contribution in [0.5, 0.6) is 0 Å². The molecule has 1 fully saturated rings. The first-order valence-corrected chi connectivity index (χ1v) is 9.55. The zero-order valence-corrected chi connectivity index (χ0v) is 15.9. The summed E-state index contributed by atoms with van der Waals surface area (Å²) in [6.45, 7) is 2.30. The Balaban J connectivity index is 1.50. The average Bonchev–Trinajstić information content (AvgIpc) is 3.02. The first-order chi connectivity index (χ1) is 13.5. The van der Waals surface area contributed by atoms with Gasteiger partial charge in [0.05, 0.1) is 11.3 Å². The molecule has 144 valence electrons. The van der Waals surface area contributed by atoms with E-state index in [0.717, 1.165) is 12.0 Å². The van der Waals surface area contributed by atoms with Crippen molar-refractivity contribution in [3.05, 3.63) is 65.7 Å². The van der Waals surface area contributed by atoms with Gasteiger partial charge in [0.25, 0.3) is 5.91 Å². The van der Waals surface area contributed by atoms with E-state index in [1.54, 1.807) is 23.1 Å². The van der Waals surface area contributed by atoms with Gasteiger partial charge in [-0.3, -0.25) is 19.3 Å². The normalized spacial score (nSPS) is 20.8. The molecule has 0 saturated carbocycles. The Hall–Kier alpha value is -3.15. The third-order valence-corrected chi connectivity index (χ3v) is 5.63. The summed E-state index contributed by atoms with van der Waals surface area (Å²) >= 11 is 0. The molecule has 1 saturated heterocycles. The average molecular weight is 377 g/mol. The van der Waals surface area contributed by atoms with Crippen LogP contribution in [-0.2, 0) is 16.0 Å². The van der Waals surface area contributed by atoms with Gasteiger partial charge in [-0.25, -0.2) is 0 Å². The number of amides is 3. The SMILES string of the molecule is CC12CCC(=O)N1c1ccccc1C(=O)N2CC(=O)NCCc1ccccc1. The molecule has 0 spiro atoms. The Labute approximate surface area is 164 Å². The fourth-order valence-electron chi connectivity index (χ4n) is 4.13. The van der Waals surface area contributed by atoms with Gasteiger partial charge in [0, 0.05) is 13.0 Å². The molecule has 2 aliphatic rings. The minimum atomic E-state index is -0.806. The van der Waals surface area contributed by atoms with E-state index in [9.17, 15) is 14.4 Å². The van der Waals surface area contributed by atoms with Gasteiger partial charge < -0.3 is 10.2 Å². The summed E-state index contributed by atoms with van der Waals surface area (Å²) in [4.78, 5) is 41.4. The van der Waals surface area contributed by atoms with Crippen molar-refractivity contribution in [3.8, 4) is 0 Å². The van der Waals surface area contributed by atoms with Crippen molar-refractivity contribution in [1.29, 1.82) is 0 Å². The molecule has 6 heteroatoms. The molecule has 0 bridgehead atoms. The maximum atomic E-state index is 13.1. The van der Waals surface area contributed by atoms with Gasteiger partial charge in [0.2, 0.25) is 11.8 Å². The smallest absolute Gasteiger partial charge is 0.258 e. The predicted octanol–water partition coefficient (Wildman–Crippen LogP) is 2.34. The number of fused-ring (bicyclic) bond motifs is 3. The number of carbonyl (C=O) groups is 3. The number of hydrogen-bond donors (Lipinski definition) is 1. The van der Waals surface area contributed by atoms with Gasteiger partial charge in [0.15, 0.2) is 0 Å². The zero-order chi connectivity index (χ0) is 19.7. The summed E-state index contributed by atoms with van der Waals surface area (Å²) in [5.41, 5.74) is 1.44. The van der Waals surface area contributed by atoms with Crippen LogP contribution in [0.1, 0.15) is 35.7 Å². The first-order valence-electron chi connectivity index (χ1n) is 9.55. The van der Waals surface area contributed by atoms with Crippen LogP contribution in [0.25, 0.3) is 0 Å². The molecule has 2 aromatic carbocycles. The molecule has 6 nitrogen and oxygen atoms in total. The van der Waals surface area contributed by atoms with E-state index >= 15 is 0 Å². The molecule has 2 aliphatic heterocycles. The van der Waals surface area contributed by atoms with Crippen LogP contribution in [0.2, 0.25) is 0 Å². The van der Waals surface area contributed by atoms with Crippen molar-refractivity contribution in [1.82, 2.24) is 10.2 Å². The van der Waals surface area contributed by atoms with Gasteiger partial charge in [-0.15, -0.1) is 0 Å². The number of nitrogens with zero attached hydrogens (tertiary/aromatic N) is 2. The maximum absolute atomic E-state index is 13.1. The van der Waals surface area contributed by atoms with Gasteiger partial charge >= 0.3 is 0 Å². The van der Waals surface area contributed by atoms with E-state index in [2.05, 4.69) is 5.32 Å². The molecule has 0 aromatic heterocycles. The van der Waals surface area contributed by atoms with Gasteiger partial charge in [-0.05, 0) is 37.5 Å². The third-order valence-electron chi connectivity index (χ3n) is 5.63. The molecule has 1 atom stereocenters. The van der Waals surface area contributed by atoms with Crippen LogP contribution in [0.4, 0.5) is 5.69 Å². The van der Waals surface area contributed by atoms with Crippen molar-refractivity contribution in [2.24, 2.45) is 0 Å². The number of rotatable bonds is 5. The molecular formula is C22H23N3O3. The lowest BCUT2D eigenvalue weighted by Crippen LogP contribution is -2.63. The predicted molar refractivity (Wildman–Crippen MR) is 106 cm³/mol. The number of benzene rings is 2. The second-order valence-corrected chi connectivity index (χ2v) is 7.44. The fourth-order valence-corrected chi connectivity index (χ4v) is 4.13. The minimum Gasteiger partial charge on any atom is -0.354 e. The molecule has 28 heavy (non-hydrogen) atoms. The zero-order valence-electron chi connectivity index (χ0n) is 15.9. The van der Waals surface area contributed by atoms with Gasteiger partial charge in [-0.2, -0.15) is 0 Å². The summed E-state index contributed by atoms with van der Waals surface area (Å²) in [6, 6.07) is 17.0. The topological polar surface area (TPSA) is 69.7 Å². The number of carbonyl (C=O) groups excluding carboxylic acids is 3. The quantitative estimate of drug-likeness (QED) is 0.870. The largest absolute Gasteiger partial charge is 0.354 e. The van der Waals surface area contributed by atoms with Crippen LogP contribution in [-0.4, -0.2) is 41.4 Å². The summed E-state index contributed by atoms with van der Waals surface area (Å²) in [5, 5.41) is 2.90. The van der Waals surface area contributed by atoms with E-state index in [4.69, 9.17) is 0 Å². The molecule has 1 N–H and O–H groups in total. The molecule has 2 aromatic rings. The minimum absolute atomic E-state index is 0.0167. The highest BCUT2D eigenvalue weighted by Gasteiger charge is 2.53. The van der Waals surface area contributed by atoms with Crippen molar-refractivity contribution in [3.63, 3.8) is 0 Å². The summed E-state index contributed by atoms with van der Waals surface area (Å²) < 4.78 is 0. The lowest BCUT2D eigenvalue weighted by atomic mass is 9.98. The van der Waals surface area contributed by atoms with E-state index in [1.165, 1.54) is 4.90 Å². The van der Waals surface area contributed by atoms with E-state index in [1.807, 2.05) is 43.3 Å². The Bertz CT molecular complexity index is 928. The van der Waals surface area contributed by atoms with Crippen molar-refractivity contribution >= 4 is 23.4 Å². The highest BCUT2D eigenvalue weighted by molar-refractivity contribution is 6.11. The molecule has 3 amide bonds. The van der Waals surface area contributed by atoms with Crippen molar-refractivity contribution < 1.29 is 14.4 Å². The Morgan fingerprint density at radius 1 is 1.07 bits per heavy atom. The van der Waals surface area contributed by atoms with E-state index in [-0.39, 0.29) is 24.3 Å². The third kappa shape index (κ3) is 3.05. The monoisotopic (exact) mass is 377 g/mol. The van der Waals surface area contributed by atoms with Crippen LogP contribution in [0.15, 0.2) is 54.6 Å². The van der Waals surface area contributed by atoms with Crippen molar-refractivity contribution in [2.75, 3.05) is 18.0 Å². The lowest BCUT2D eigenvalue weighted by molar-refractivity contribution is -0.123. The molecular weight excluding hydrogens is 354 g/mol. The maximum Gasteiger partial charge on any atom is 0.258 e. The first kappa shape index (κ1) is 18.2. The van der Waals surface area contributed by atoms with Crippen LogP contribution in [0.3, 0.4) is 0 Å². The highest BCUT2D eigenvalue weighted by atomic mass is 16.2. The summed E-state index contributed by atoms with van der Waals surface area (Å²) in [5.74, 6) is -0.441. The lowest BCUT2D eigenvalue weighted by Gasteiger charge is -2.48. The number of anilines is 1. The molecule has 1 unspecified atom stereocenters. The Kier molecular flexibility index (Phi) is 4.63. The Morgan fingerprint density at radius 3 is 2.57 bits per heavy atom. The van der Waals surface area contributed by atoms with E-state index in [0.29, 0.717) is 30.6 Å². The standard InChI is InChI=1S/C22H23N3O3/c1-22-13-11-20(27)25(22)18-10-6-5-9-17(18)21(28)24(22)15-19(26)23-14-12-16-7-3-2-4-8-16/h2-10H,11-15H2,1H3,(H,23,26). The molecule has 0 radical (unpaired) electrons. The fraction of sp³-hybridized carbons (Fsp3) is 0.318. The second kappa shape index (κ2) is 7.11. The van der Waals surface area contributed by atoms with Crippen LogP contribution in [0, 0.1) is 0 Å². The number of para-hydroxylation sites is 1.